The molecule has 1 aromatic heterocycles. The van der Waals surface area contributed by atoms with Crippen LogP contribution in [0.25, 0.3) is 0 Å². The summed E-state index contributed by atoms with van der Waals surface area (Å²) in [5, 5.41) is 5.59. The van der Waals surface area contributed by atoms with Gasteiger partial charge in [0.25, 0.3) is 5.91 Å². The second-order valence-corrected chi connectivity index (χ2v) is 6.42. The van der Waals surface area contributed by atoms with Gasteiger partial charge in [-0.3, -0.25) is 10.1 Å². The molecule has 1 N–H and O–H groups in total. The maximum absolute atomic E-state index is 12.0. The second kappa shape index (κ2) is 4.97. The highest BCUT2D eigenvalue weighted by atomic mass is 127. The second-order valence-electron chi connectivity index (χ2n) is 4.32. The number of carbonyl (C=O) groups excluding carboxylic acids is 1. The summed E-state index contributed by atoms with van der Waals surface area (Å²) in [6, 6.07) is 7.53. The monoisotopic (exact) mass is 370 g/mol. The van der Waals surface area contributed by atoms with Crippen molar-refractivity contribution in [2.75, 3.05) is 5.32 Å². The third kappa shape index (κ3) is 2.72. The molecule has 1 saturated carbocycles. The summed E-state index contributed by atoms with van der Waals surface area (Å²) < 4.78 is 1.05. The molecule has 0 saturated heterocycles. The van der Waals surface area contributed by atoms with Gasteiger partial charge < -0.3 is 0 Å². The summed E-state index contributed by atoms with van der Waals surface area (Å²) in [7, 11) is 0. The van der Waals surface area contributed by atoms with E-state index in [1.54, 1.807) is 0 Å². The van der Waals surface area contributed by atoms with Gasteiger partial charge in [0.2, 0.25) is 0 Å². The Labute approximate surface area is 123 Å². The molecule has 1 aromatic carbocycles. The molecule has 5 heteroatoms. The largest absolute Gasteiger partial charge is 0.298 e. The molecule has 0 unspecified atom stereocenters. The minimum Gasteiger partial charge on any atom is -0.298 e. The summed E-state index contributed by atoms with van der Waals surface area (Å²) in [5.41, 5.74) is 1.79. The molecule has 1 fully saturated rings. The first-order valence-corrected chi connectivity index (χ1v) is 7.70. The first-order valence-electron chi connectivity index (χ1n) is 5.75. The highest BCUT2D eigenvalue weighted by Gasteiger charge is 2.26. The number of anilines is 1. The van der Waals surface area contributed by atoms with Crippen molar-refractivity contribution in [2.45, 2.75) is 18.8 Å². The molecule has 1 amide bonds. The van der Waals surface area contributed by atoms with Crippen LogP contribution in [-0.2, 0) is 0 Å². The number of benzene rings is 1. The van der Waals surface area contributed by atoms with Gasteiger partial charge >= 0.3 is 0 Å². The van der Waals surface area contributed by atoms with Crippen LogP contribution < -0.4 is 5.32 Å². The molecule has 18 heavy (non-hydrogen) atoms. The van der Waals surface area contributed by atoms with Gasteiger partial charge in [-0.2, -0.15) is 0 Å². The van der Waals surface area contributed by atoms with E-state index < -0.39 is 0 Å². The minimum atomic E-state index is -0.0924. The number of hydrogen-bond acceptors (Lipinski definition) is 3. The molecule has 1 aliphatic rings. The van der Waals surface area contributed by atoms with Crippen molar-refractivity contribution >= 4 is 45.0 Å². The van der Waals surface area contributed by atoms with Gasteiger partial charge in [-0.1, -0.05) is 6.07 Å². The number of carbonyl (C=O) groups is 1. The van der Waals surface area contributed by atoms with Gasteiger partial charge in [-0.25, -0.2) is 4.98 Å². The van der Waals surface area contributed by atoms with Gasteiger partial charge in [0, 0.05) is 20.4 Å². The van der Waals surface area contributed by atoms with E-state index in [0.717, 1.165) is 9.26 Å². The first-order chi connectivity index (χ1) is 8.72. The van der Waals surface area contributed by atoms with Crippen molar-refractivity contribution in [3.05, 3.63) is 44.5 Å². The number of hydrogen-bond donors (Lipinski definition) is 1. The van der Waals surface area contributed by atoms with Crippen LogP contribution in [0.1, 0.15) is 34.8 Å². The lowest BCUT2D eigenvalue weighted by Crippen LogP contribution is -2.11. The maximum atomic E-state index is 12.0. The molecule has 2 aromatic rings. The topological polar surface area (TPSA) is 42.0 Å². The summed E-state index contributed by atoms with van der Waals surface area (Å²) in [5.74, 6) is 0.537. The SMILES string of the molecule is O=C(Nc1nc(C2CC2)cs1)c1cccc(I)c1. The molecule has 0 aliphatic heterocycles. The first kappa shape index (κ1) is 12.1. The lowest BCUT2D eigenvalue weighted by molar-refractivity contribution is 0.102. The summed E-state index contributed by atoms with van der Waals surface area (Å²) in [4.78, 5) is 16.5. The predicted octanol–water partition coefficient (Wildman–Crippen LogP) is 3.88. The quantitative estimate of drug-likeness (QED) is 0.834. The van der Waals surface area contributed by atoms with E-state index in [4.69, 9.17) is 0 Å². The van der Waals surface area contributed by atoms with Gasteiger partial charge in [0.15, 0.2) is 5.13 Å². The fourth-order valence-corrected chi connectivity index (χ4v) is 3.04. The van der Waals surface area contributed by atoms with Crippen LogP contribution in [0, 0.1) is 3.57 Å². The van der Waals surface area contributed by atoms with Gasteiger partial charge in [0.05, 0.1) is 5.69 Å². The van der Waals surface area contributed by atoms with Crippen LogP contribution in [0.4, 0.5) is 5.13 Å². The van der Waals surface area contributed by atoms with Crippen molar-refractivity contribution in [1.82, 2.24) is 4.98 Å². The Kier molecular flexibility index (Phi) is 3.34. The van der Waals surface area contributed by atoms with Crippen LogP contribution in [0.15, 0.2) is 29.6 Å². The Morgan fingerprint density at radius 1 is 1.44 bits per heavy atom. The third-order valence-electron chi connectivity index (χ3n) is 2.82. The van der Waals surface area contributed by atoms with E-state index in [1.165, 1.54) is 24.2 Å². The number of aromatic nitrogens is 1. The summed E-state index contributed by atoms with van der Waals surface area (Å²) in [6.07, 6.45) is 2.46. The van der Waals surface area contributed by atoms with Gasteiger partial charge in [-0.05, 0) is 53.6 Å². The molecular formula is C13H11IN2OS. The number of thiazole rings is 1. The highest BCUT2D eigenvalue weighted by molar-refractivity contribution is 14.1. The number of nitrogens with one attached hydrogen (secondary N) is 1. The predicted molar refractivity (Wildman–Crippen MR) is 81.2 cm³/mol. The van der Waals surface area contributed by atoms with Crippen LogP contribution >= 0.6 is 33.9 Å². The van der Waals surface area contributed by atoms with Gasteiger partial charge in [0.1, 0.15) is 0 Å². The maximum Gasteiger partial charge on any atom is 0.257 e. The number of halogens is 1. The van der Waals surface area contributed by atoms with E-state index in [-0.39, 0.29) is 5.91 Å². The Bertz CT molecular complexity index is 592. The molecule has 0 atom stereocenters. The van der Waals surface area contributed by atoms with E-state index in [2.05, 4.69) is 32.9 Å². The van der Waals surface area contributed by atoms with E-state index in [1.807, 2.05) is 29.6 Å². The van der Waals surface area contributed by atoms with Crippen molar-refractivity contribution < 1.29 is 4.79 Å². The zero-order valence-corrected chi connectivity index (χ0v) is 12.5. The molecule has 3 rings (SSSR count). The fourth-order valence-electron chi connectivity index (χ4n) is 1.71. The van der Waals surface area contributed by atoms with Crippen LogP contribution in [-0.4, -0.2) is 10.9 Å². The molecule has 0 radical (unpaired) electrons. The van der Waals surface area contributed by atoms with Crippen LogP contribution in [0.3, 0.4) is 0 Å². The Hall–Kier alpha value is -0.950. The average molecular weight is 370 g/mol. The number of amides is 1. The van der Waals surface area contributed by atoms with Gasteiger partial charge in [-0.15, -0.1) is 11.3 Å². The van der Waals surface area contributed by atoms with Crippen LogP contribution in [0.5, 0.6) is 0 Å². The zero-order chi connectivity index (χ0) is 12.5. The molecule has 3 nitrogen and oxygen atoms in total. The lowest BCUT2D eigenvalue weighted by Gasteiger charge is -2.01. The average Bonchev–Trinajstić information content (AvgIpc) is 3.11. The van der Waals surface area contributed by atoms with Crippen molar-refractivity contribution in [3.8, 4) is 0 Å². The minimum absolute atomic E-state index is 0.0924. The van der Waals surface area contributed by atoms with Crippen molar-refractivity contribution in [2.24, 2.45) is 0 Å². The number of nitrogens with zero attached hydrogens (tertiary/aromatic N) is 1. The summed E-state index contributed by atoms with van der Waals surface area (Å²) >= 11 is 3.70. The fraction of sp³-hybridized carbons (Fsp3) is 0.231. The van der Waals surface area contributed by atoms with E-state index in [0.29, 0.717) is 16.6 Å². The zero-order valence-electron chi connectivity index (χ0n) is 9.52. The molecule has 0 bridgehead atoms. The normalized spacial score (nSPS) is 14.5. The lowest BCUT2D eigenvalue weighted by atomic mass is 10.2. The van der Waals surface area contributed by atoms with Crippen LogP contribution in [0.2, 0.25) is 0 Å². The van der Waals surface area contributed by atoms with E-state index in [9.17, 15) is 4.79 Å². The molecule has 92 valence electrons. The Morgan fingerprint density at radius 2 is 2.28 bits per heavy atom. The Balaban J connectivity index is 1.73. The van der Waals surface area contributed by atoms with Crippen molar-refractivity contribution in [1.29, 1.82) is 0 Å². The molecular weight excluding hydrogens is 359 g/mol. The van der Waals surface area contributed by atoms with Crippen molar-refractivity contribution in [3.63, 3.8) is 0 Å². The third-order valence-corrected chi connectivity index (χ3v) is 4.27. The smallest absolute Gasteiger partial charge is 0.257 e. The molecule has 0 spiro atoms. The summed E-state index contributed by atoms with van der Waals surface area (Å²) in [6.45, 7) is 0. The molecule has 1 aliphatic carbocycles. The number of rotatable bonds is 3. The molecule has 1 heterocycles. The Morgan fingerprint density at radius 3 is 3.00 bits per heavy atom. The standard InChI is InChI=1S/C13H11IN2OS/c14-10-3-1-2-9(6-10)12(17)16-13-15-11(7-18-13)8-4-5-8/h1-3,6-8H,4-5H2,(H,15,16,17). The van der Waals surface area contributed by atoms with E-state index >= 15 is 0 Å². The highest BCUT2D eigenvalue weighted by Crippen LogP contribution is 2.40.